The quantitative estimate of drug-likeness (QED) is 0.845. The smallest absolute Gasteiger partial charge is 0.227 e. The fourth-order valence-electron chi connectivity index (χ4n) is 2.99. The Morgan fingerprint density at radius 3 is 2.96 bits per heavy atom. The molecule has 7 nitrogen and oxygen atoms in total. The minimum atomic E-state index is 0.139. The van der Waals surface area contributed by atoms with Crippen LogP contribution in [0.2, 0.25) is 0 Å². The van der Waals surface area contributed by atoms with Crippen LogP contribution in [-0.4, -0.2) is 37.3 Å². The Labute approximate surface area is 135 Å². The lowest BCUT2D eigenvalue weighted by Gasteiger charge is -2.23. The Hall–Kier alpha value is -2.18. The van der Waals surface area contributed by atoms with Gasteiger partial charge in [0.05, 0.1) is 12.2 Å². The maximum atomic E-state index is 12.6. The highest BCUT2D eigenvalue weighted by Crippen LogP contribution is 2.32. The molecule has 2 aromatic rings. The van der Waals surface area contributed by atoms with Gasteiger partial charge in [0.15, 0.2) is 5.82 Å². The topological polar surface area (TPSA) is 77.0 Å². The van der Waals surface area contributed by atoms with E-state index in [1.807, 2.05) is 38.2 Å². The number of carbonyl (C=O) groups is 1. The molecule has 124 valence electrons. The van der Waals surface area contributed by atoms with Crippen molar-refractivity contribution < 1.29 is 9.32 Å². The van der Waals surface area contributed by atoms with E-state index in [4.69, 9.17) is 4.52 Å². The highest BCUT2D eigenvalue weighted by Gasteiger charge is 2.30. The van der Waals surface area contributed by atoms with Gasteiger partial charge in [0, 0.05) is 44.1 Å². The molecule has 0 radical (unpaired) electrons. The van der Waals surface area contributed by atoms with Crippen LogP contribution in [0.1, 0.15) is 62.3 Å². The summed E-state index contributed by atoms with van der Waals surface area (Å²) in [5.41, 5.74) is 1.11. The molecule has 1 atom stereocenters. The van der Waals surface area contributed by atoms with Gasteiger partial charge in [-0.05, 0) is 12.8 Å². The third kappa shape index (κ3) is 3.43. The Kier molecular flexibility index (Phi) is 4.45. The number of hydrogen-bond acceptors (Lipinski definition) is 5. The fourth-order valence-corrected chi connectivity index (χ4v) is 2.99. The van der Waals surface area contributed by atoms with Crippen LogP contribution in [0, 0.1) is 0 Å². The summed E-state index contributed by atoms with van der Waals surface area (Å²) in [6.45, 7) is 4.84. The van der Waals surface area contributed by atoms with Crippen molar-refractivity contribution in [2.45, 2.75) is 51.5 Å². The number of rotatable bonds is 5. The Bertz CT molecular complexity index is 676. The van der Waals surface area contributed by atoms with Gasteiger partial charge in [-0.3, -0.25) is 9.48 Å². The number of hydrogen-bond donors (Lipinski definition) is 0. The van der Waals surface area contributed by atoms with Gasteiger partial charge in [0.25, 0.3) is 0 Å². The zero-order chi connectivity index (χ0) is 16.4. The number of likely N-dealkylation sites (tertiary alicyclic amines) is 1. The van der Waals surface area contributed by atoms with E-state index in [0.29, 0.717) is 24.6 Å². The Morgan fingerprint density at radius 2 is 2.30 bits per heavy atom. The molecule has 1 unspecified atom stereocenters. The molecule has 1 fully saturated rings. The molecule has 1 amide bonds. The lowest BCUT2D eigenvalue weighted by atomic mass is 10.1. The van der Waals surface area contributed by atoms with Crippen LogP contribution in [-0.2, 0) is 18.3 Å². The fraction of sp³-hybridized carbons (Fsp3) is 0.625. The first kappa shape index (κ1) is 15.7. The lowest BCUT2D eigenvalue weighted by molar-refractivity contribution is -0.132. The van der Waals surface area contributed by atoms with Crippen molar-refractivity contribution in [1.82, 2.24) is 24.8 Å². The molecule has 0 bridgehead atoms. The molecule has 1 aliphatic heterocycles. The van der Waals surface area contributed by atoms with Crippen LogP contribution < -0.4 is 0 Å². The first-order chi connectivity index (χ1) is 11.0. The predicted molar refractivity (Wildman–Crippen MR) is 83.6 cm³/mol. The van der Waals surface area contributed by atoms with Crippen molar-refractivity contribution in [3.8, 4) is 0 Å². The predicted octanol–water partition coefficient (Wildman–Crippen LogP) is 2.22. The van der Waals surface area contributed by atoms with Crippen LogP contribution in [0.5, 0.6) is 0 Å². The normalized spacial score (nSPS) is 18.1. The molecule has 1 saturated heterocycles. The maximum Gasteiger partial charge on any atom is 0.227 e. The van der Waals surface area contributed by atoms with E-state index >= 15 is 0 Å². The first-order valence-corrected chi connectivity index (χ1v) is 8.15. The Morgan fingerprint density at radius 1 is 1.48 bits per heavy atom. The SMILES string of the molecule is CC(C)c1noc(CCC(=O)N2CCCC2c2cnn(C)c2)n1. The summed E-state index contributed by atoms with van der Waals surface area (Å²) < 4.78 is 6.99. The van der Waals surface area contributed by atoms with Crippen molar-refractivity contribution in [2.75, 3.05) is 6.54 Å². The molecule has 3 rings (SSSR count). The van der Waals surface area contributed by atoms with Gasteiger partial charge < -0.3 is 9.42 Å². The summed E-state index contributed by atoms with van der Waals surface area (Å²) in [5.74, 6) is 1.61. The monoisotopic (exact) mass is 317 g/mol. The molecule has 0 N–H and O–H groups in total. The van der Waals surface area contributed by atoms with E-state index in [1.165, 1.54) is 0 Å². The van der Waals surface area contributed by atoms with E-state index in [9.17, 15) is 4.79 Å². The summed E-state index contributed by atoms with van der Waals surface area (Å²) in [7, 11) is 1.90. The van der Waals surface area contributed by atoms with Gasteiger partial charge >= 0.3 is 0 Å². The second kappa shape index (κ2) is 6.52. The summed E-state index contributed by atoms with van der Waals surface area (Å²) in [5, 5.41) is 8.15. The van der Waals surface area contributed by atoms with Crippen LogP contribution in [0.4, 0.5) is 0 Å². The van der Waals surface area contributed by atoms with Gasteiger partial charge in [-0.15, -0.1) is 0 Å². The summed E-state index contributed by atoms with van der Waals surface area (Å²) in [6.07, 6.45) is 6.76. The summed E-state index contributed by atoms with van der Waals surface area (Å²) >= 11 is 0. The number of aryl methyl sites for hydroxylation is 2. The van der Waals surface area contributed by atoms with Gasteiger partial charge in [-0.25, -0.2) is 0 Å². The van der Waals surface area contributed by atoms with Gasteiger partial charge in [0.2, 0.25) is 11.8 Å². The largest absolute Gasteiger partial charge is 0.339 e. The van der Waals surface area contributed by atoms with Crippen molar-refractivity contribution in [2.24, 2.45) is 7.05 Å². The van der Waals surface area contributed by atoms with E-state index in [1.54, 1.807) is 4.68 Å². The van der Waals surface area contributed by atoms with Gasteiger partial charge in [-0.2, -0.15) is 10.1 Å². The molecular weight excluding hydrogens is 294 g/mol. The number of nitrogens with zero attached hydrogens (tertiary/aromatic N) is 5. The molecule has 23 heavy (non-hydrogen) atoms. The number of carbonyl (C=O) groups excluding carboxylic acids is 1. The van der Waals surface area contributed by atoms with Gasteiger partial charge in [0.1, 0.15) is 0 Å². The zero-order valence-corrected chi connectivity index (χ0v) is 13.9. The van der Waals surface area contributed by atoms with Crippen LogP contribution >= 0.6 is 0 Å². The molecule has 0 aromatic carbocycles. The molecule has 0 spiro atoms. The second-order valence-electron chi connectivity index (χ2n) is 6.39. The third-order valence-corrected chi connectivity index (χ3v) is 4.24. The average molecular weight is 317 g/mol. The molecule has 3 heterocycles. The maximum absolute atomic E-state index is 12.6. The average Bonchev–Trinajstić information content (AvgIpc) is 3.24. The van der Waals surface area contributed by atoms with Crippen molar-refractivity contribution >= 4 is 5.91 Å². The van der Waals surface area contributed by atoms with Crippen molar-refractivity contribution in [1.29, 1.82) is 0 Å². The molecule has 7 heteroatoms. The molecule has 1 aliphatic rings. The molecular formula is C16H23N5O2. The first-order valence-electron chi connectivity index (χ1n) is 8.15. The second-order valence-corrected chi connectivity index (χ2v) is 6.39. The number of aromatic nitrogens is 4. The standard InChI is InChI=1S/C16H23N5O2/c1-11(2)16-18-14(23-19-16)6-7-15(22)21-8-4-5-13(21)12-9-17-20(3)10-12/h9-11,13H,4-8H2,1-3H3. The van der Waals surface area contributed by atoms with Crippen molar-refractivity contribution in [3.05, 3.63) is 29.7 Å². The molecule has 0 aliphatic carbocycles. The minimum Gasteiger partial charge on any atom is -0.339 e. The highest BCUT2D eigenvalue weighted by atomic mass is 16.5. The van der Waals surface area contributed by atoms with Crippen molar-refractivity contribution in [3.63, 3.8) is 0 Å². The molecule has 2 aromatic heterocycles. The lowest BCUT2D eigenvalue weighted by Crippen LogP contribution is -2.30. The third-order valence-electron chi connectivity index (χ3n) is 4.24. The Balaban J connectivity index is 1.60. The van der Waals surface area contributed by atoms with E-state index in [2.05, 4.69) is 15.2 Å². The van der Waals surface area contributed by atoms with Gasteiger partial charge in [-0.1, -0.05) is 19.0 Å². The minimum absolute atomic E-state index is 0.139. The number of amides is 1. The summed E-state index contributed by atoms with van der Waals surface area (Å²) in [4.78, 5) is 18.8. The van der Waals surface area contributed by atoms with Crippen LogP contribution in [0.3, 0.4) is 0 Å². The highest BCUT2D eigenvalue weighted by molar-refractivity contribution is 5.77. The van der Waals surface area contributed by atoms with Crippen LogP contribution in [0.15, 0.2) is 16.9 Å². The van der Waals surface area contributed by atoms with E-state index < -0.39 is 0 Å². The summed E-state index contributed by atoms with van der Waals surface area (Å²) in [6, 6.07) is 0.144. The van der Waals surface area contributed by atoms with E-state index in [0.717, 1.165) is 24.9 Å². The van der Waals surface area contributed by atoms with E-state index in [-0.39, 0.29) is 17.9 Å². The van der Waals surface area contributed by atoms with Crippen LogP contribution in [0.25, 0.3) is 0 Å². The zero-order valence-electron chi connectivity index (χ0n) is 13.9. The molecule has 0 saturated carbocycles.